The van der Waals surface area contributed by atoms with E-state index in [1.54, 1.807) is 0 Å². The summed E-state index contributed by atoms with van der Waals surface area (Å²) in [5, 5.41) is 11.2. The summed E-state index contributed by atoms with van der Waals surface area (Å²) < 4.78 is 7.72. The maximum absolute atomic E-state index is 5.81. The van der Waals surface area contributed by atoms with Crippen molar-refractivity contribution in [1.82, 2.24) is 20.4 Å². The molecule has 1 atom stereocenters. The minimum Gasteiger partial charge on any atom is -0.373 e. The van der Waals surface area contributed by atoms with Crippen LogP contribution in [0, 0.1) is 0 Å². The monoisotopic (exact) mass is 355 g/mol. The van der Waals surface area contributed by atoms with Gasteiger partial charge in [-0.05, 0) is 50.8 Å². The smallest absolute Gasteiger partial charge is 0.191 e. The van der Waals surface area contributed by atoms with Gasteiger partial charge in [0.15, 0.2) is 5.96 Å². The number of nitrogens with zero attached hydrogens (tertiary/aromatic N) is 3. The van der Waals surface area contributed by atoms with E-state index in [9.17, 15) is 0 Å². The van der Waals surface area contributed by atoms with E-state index in [1.807, 2.05) is 29.1 Å². The van der Waals surface area contributed by atoms with Crippen molar-refractivity contribution < 1.29 is 4.74 Å². The molecule has 26 heavy (non-hydrogen) atoms. The summed E-state index contributed by atoms with van der Waals surface area (Å²) in [5.74, 6) is 0.847. The van der Waals surface area contributed by atoms with E-state index in [-0.39, 0.29) is 5.60 Å². The predicted molar refractivity (Wildman–Crippen MR) is 105 cm³/mol. The lowest BCUT2D eigenvalue weighted by atomic mass is 10.0. The number of guanidine groups is 1. The van der Waals surface area contributed by atoms with Gasteiger partial charge in [-0.15, -0.1) is 0 Å². The highest BCUT2D eigenvalue weighted by Crippen LogP contribution is 2.24. The molecule has 0 spiro atoms. The summed E-state index contributed by atoms with van der Waals surface area (Å²) in [6.45, 7) is 7.41. The van der Waals surface area contributed by atoms with Crippen LogP contribution in [-0.4, -0.2) is 47.6 Å². The molecule has 0 radical (unpaired) electrons. The first-order chi connectivity index (χ1) is 12.7. The van der Waals surface area contributed by atoms with E-state index in [0.29, 0.717) is 6.54 Å². The van der Waals surface area contributed by atoms with Crippen LogP contribution in [0.2, 0.25) is 0 Å². The van der Waals surface area contributed by atoms with Gasteiger partial charge in [-0.3, -0.25) is 4.99 Å². The molecule has 1 fully saturated rings. The molecule has 1 aromatic heterocycles. The molecule has 0 bridgehead atoms. The van der Waals surface area contributed by atoms with Crippen LogP contribution in [0.1, 0.15) is 32.3 Å². The van der Waals surface area contributed by atoms with Gasteiger partial charge in [0.2, 0.25) is 0 Å². The van der Waals surface area contributed by atoms with Gasteiger partial charge in [-0.2, -0.15) is 5.10 Å². The van der Waals surface area contributed by atoms with Crippen molar-refractivity contribution in [2.75, 3.05) is 26.2 Å². The van der Waals surface area contributed by atoms with Crippen molar-refractivity contribution in [3.63, 3.8) is 0 Å². The quantitative estimate of drug-likeness (QED) is 0.592. The Morgan fingerprint density at radius 3 is 2.88 bits per heavy atom. The van der Waals surface area contributed by atoms with E-state index in [1.165, 1.54) is 5.56 Å². The molecule has 1 unspecified atom stereocenters. The molecule has 3 rings (SSSR count). The summed E-state index contributed by atoms with van der Waals surface area (Å²) in [6, 6.07) is 10.2. The Morgan fingerprint density at radius 1 is 1.31 bits per heavy atom. The molecular formula is C20H29N5O. The molecule has 6 heteroatoms. The molecule has 140 valence electrons. The fraction of sp³-hybridized carbons (Fsp3) is 0.500. The molecule has 1 aromatic carbocycles. The van der Waals surface area contributed by atoms with E-state index in [0.717, 1.165) is 50.6 Å². The van der Waals surface area contributed by atoms with Gasteiger partial charge in [-0.1, -0.05) is 18.2 Å². The summed E-state index contributed by atoms with van der Waals surface area (Å²) in [5.41, 5.74) is 2.16. The normalized spacial score (nSPS) is 20.3. The SMILES string of the molecule is CCNC(=NCC1(C)CCCO1)NCCc1cnn(-c2ccccc2)c1. The Balaban J connectivity index is 1.51. The molecule has 0 saturated carbocycles. The number of para-hydroxylation sites is 1. The summed E-state index contributed by atoms with van der Waals surface area (Å²) in [7, 11) is 0. The molecule has 1 aliphatic heterocycles. The second-order valence-corrected chi connectivity index (χ2v) is 6.90. The Labute approximate surface area is 155 Å². The zero-order chi connectivity index (χ0) is 18.2. The van der Waals surface area contributed by atoms with Gasteiger partial charge < -0.3 is 15.4 Å². The van der Waals surface area contributed by atoms with Gasteiger partial charge in [0.05, 0.1) is 24.0 Å². The lowest BCUT2D eigenvalue weighted by Crippen LogP contribution is -2.40. The summed E-state index contributed by atoms with van der Waals surface area (Å²) in [6.07, 6.45) is 7.10. The third-order valence-electron chi connectivity index (χ3n) is 4.58. The van der Waals surface area contributed by atoms with Crippen LogP contribution in [0.25, 0.3) is 5.69 Å². The van der Waals surface area contributed by atoms with Crippen LogP contribution in [-0.2, 0) is 11.2 Å². The fourth-order valence-electron chi connectivity index (χ4n) is 3.09. The van der Waals surface area contributed by atoms with Crippen LogP contribution in [0.15, 0.2) is 47.7 Å². The fourth-order valence-corrected chi connectivity index (χ4v) is 3.09. The highest BCUT2D eigenvalue weighted by molar-refractivity contribution is 5.79. The average Bonchev–Trinajstić information content (AvgIpc) is 3.30. The van der Waals surface area contributed by atoms with Crippen molar-refractivity contribution in [1.29, 1.82) is 0 Å². The molecule has 1 saturated heterocycles. The highest BCUT2D eigenvalue weighted by Gasteiger charge is 2.29. The lowest BCUT2D eigenvalue weighted by molar-refractivity contribution is 0.0283. The average molecular weight is 355 g/mol. The van der Waals surface area contributed by atoms with Gasteiger partial charge in [0, 0.05) is 25.9 Å². The number of rotatable bonds is 7. The van der Waals surface area contributed by atoms with Crippen molar-refractivity contribution >= 4 is 5.96 Å². The first kappa shape index (κ1) is 18.5. The van der Waals surface area contributed by atoms with Crippen LogP contribution in [0.5, 0.6) is 0 Å². The Morgan fingerprint density at radius 2 is 2.15 bits per heavy atom. The van der Waals surface area contributed by atoms with Gasteiger partial charge in [0.1, 0.15) is 0 Å². The van der Waals surface area contributed by atoms with Gasteiger partial charge in [0.25, 0.3) is 0 Å². The Bertz CT molecular complexity index is 704. The van der Waals surface area contributed by atoms with E-state index < -0.39 is 0 Å². The first-order valence-electron chi connectivity index (χ1n) is 9.44. The Kier molecular flexibility index (Phi) is 6.28. The van der Waals surface area contributed by atoms with Crippen molar-refractivity contribution in [3.05, 3.63) is 48.3 Å². The zero-order valence-corrected chi connectivity index (χ0v) is 15.7. The maximum Gasteiger partial charge on any atom is 0.191 e. The van der Waals surface area contributed by atoms with Gasteiger partial charge >= 0.3 is 0 Å². The van der Waals surface area contributed by atoms with Crippen LogP contribution in [0.3, 0.4) is 0 Å². The van der Waals surface area contributed by atoms with E-state index in [4.69, 9.17) is 9.73 Å². The van der Waals surface area contributed by atoms with Crippen LogP contribution < -0.4 is 10.6 Å². The second-order valence-electron chi connectivity index (χ2n) is 6.90. The maximum atomic E-state index is 5.81. The molecule has 0 aliphatic carbocycles. The highest BCUT2D eigenvalue weighted by atomic mass is 16.5. The minimum atomic E-state index is -0.112. The number of ether oxygens (including phenoxy) is 1. The van der Waals surface area contributed by atoms with E-state index >= 15 is 0 Å². The molecular weight excluding hydrogens is 326 g/mol. The molecule has 2 heterocycles. The number of hydrogen-bond donors (Lipinski definition) is 2. The van der Waals surface area contributed by atoms with Crippen molar-refractivity contribution in [3.8, 4) is 5.69 Å². The molecule has 0 amide bonds. The van der Waals surface area contributed by atoms with Gasteiger partial charge in [-0.25, -0.2) is 4.68 Å². The zero-order valence-electron chi connectivity index (χ0n) is 15.7. The van der Waals surface area contributed by atoms with E-state index in [2.05, 4.69) is 47.9 Å². The molecule has 2 N–H and O–H groups in total. The molecule has 1 aliphatic rings. The number of aromatic nitrogens is 2. The van der Waals surface area contributed by atoms with Crippen molar-refractivity contribution in [2.24, 2.45) is 4.99 Å². The minimum absolute atomic E-state index is 0.112. The first-order valence-corrected chi connectivity index (χ1v) is 9.44. The number of hydrogen-bond acceptors (Lipinski definition) is 3. The largest absolute Gasteiger partial charge is 0.373 e. The predicted octanol–water partition coefficient (Wildman–Crippen LogP) is 2.54. The Hall–Kier alpha value is -2.34. The molecule has 2 aromatic rings. The summed E-state index contributed by atoms with van der Waals surface area (Å²) in [4.78, 5) is 4.70. The van der Waals surface area contributed by atoms with Crippen LogP contribution >= 0.6 is 0 Å². The topological polar surface area (TPSA) is 63.5 Å². The lowest BCUT2D eigenvalue weighted by Gasteiger charge is -2.21. The van der Waals surface area contributed by atoms with Crippen molar-refractivity contribution in [2.45, 2.75) is 38.7 Å². The standard InChI is InChI=1S/C20H29N5O/c1-3-21-19(23-16-20(2)11-7-13-26-20)22-12-10-17-14-24-25(15-17)18-8-5-4-6-9-18/h4-6,8-9,14-15H,3,7,10-13,16H2,1-2H3,(H2,21,22,23). The second kappa shape index (κ2) is 8.85. The third-order valence-corrected chi connectivity index (χ3v) is 4.58. The summed E-state index contributed by atoms with van der Waals surface area (Å²) >= 11 is 0. The number of benzene rings is 1. The number of aliphatic imine (C=N–C) groups is 1. The van der Waals surface area contributed by atoms with Crippen LogP contribution in [0.4, 0.5) is 0 Å². The number of nitrogens with one attached hydrogen (secondary N) is 2. The molecule has 6 nitrogen and oxygen atoms in total. The third kappa shape index (κ3) is 5.08.